The monoisotopic (exact) mass is 149 g/mol. The molecule has 0 aliphatic heterocycles. The van der Waals surface area contributed by atoms with Gasteiger partial charge in [-0.05, 0) is 18.2 Å². The topological polar surface area (TPSA) is 13.1 Å². The van der Waals surface area contributed by atoms with Crippen molar-refractivity contribution in [3.8, 4) is 0 Å². The molecule has 0 aliphatic carbocycles. The smallest absolute Gasteiger partial charge is 0.137 e. The Morgan fingerprint density at radius 3 is 2.91 bits per heavy atom. The van der Waals surface area contributed by atoms with Gasteiger partial charge in [-0.3, -0.25) is 0 Å². The highest BCUT2D eigenvalue weighted by atomic mass is 19.1. The quantitative estimate of drug-likeness (QED) is 0.561. The molecule has 2 heteroatoms. The fourth-order valence-corrected chi connectivity index (χ4v) is 1.08. The minimum Gasteiger partial charge on any atom is -0.461 e. The molecule has 0 saturated heterocycles. The first-order valence-corrected chi connectivity index (χ1v) is 3.27. The SMILES string of the molecule is [CH2]c1cc2c(F)cccc2o1. The molecule has 1 nitrogen and oxygen atoms in total. The van der Waals surface area contributed by atoms with Gasteiger partial charge in [-0.15, -0.1) is 0 Å². The summed E-state index contributed by atoms with van der Waals surface area (Å²) >= 11 is 0. The van der Waals surface area contributed by atoms with E-state index >= 15 is 0 Å². The zero-order valence-electron chi connectivity index (χ0n) is 5.80. The molecule has 0 saturated carbocycles. The maximum Gasteiger partial charge on any atom is 0.137 e. The maximum atomic E-state index is 12.9. The van der Waals surface area contributed by atoms with Crippen molar-refractivity contribution in [2.75, 3.05) is 0 Å². The van der Waals surface area contributed by atoms with Gasteiger partial charge in [-0.2, -0.15) is 0 Å². The Morgan fingerprint density at radius 1 is 1.36 bits per heavy atom. The number of furan rings is 1. The van der Waals surface area contributed by atoms with E-state index in [1.807, 2.05) is 0 Å². The van der Waals surface area contributed by atoms with Crippen molar-refractivity contribution in [2.24, 2.45) is 0 Å². The Morgan fingerprint density at radius 2 is 2.18 bits per heavy atom. The Balaban J connectivity index is 2.90. The van der Waals surface area contributed by atoms with Gasteiger partial charge in [-0.1, -0.05) is 6.07 Å². The van der Waals surface area contributed by atoms with Crippen LogP contribution in [0.3, 0.4) is 0 Å². The van der Waals surface area contributed by atoms with Gasteiger partial charge in [-0.25, -0.2) is 4.39 Å². The van der Waals surface area contributed by atoms with Crippen molar-refractivity contribution >= 4 is 11.0 Å². The molecule has 1 aromatic carbocycles. The van der Waals surface area contributed by atoms with Crippen LogP contribution >= 0.6 is 0 Å². The molecule has 2 aromatic rings. The van der Waals surface area contributed by atoms with Gasteiger partial charge in [0.05, 0.1) is 5.39 Å². The number of halogens is 1. The van der Waals surface area contributed by atoms with Gasteiger partial charge in [0.2, 0.25) is 0 Å². The number of rotatable bonds is 0. The van der Waals surface area contributed by atoms with Crippen LogP contribution in [0.15, 0.2) is 28.7 Å². The van der Waals surface area contributed by atoms with Crippen molar-refractivity contribution in [1.82, 2.24) is 0 Å². The fraction of sp³-hybridized carbons (Fsp3) is 0. The molecule has 0 amide bonds. The Hall–Kier alpha value is -1.31. The molecule has 0 N–H and O–H groups in total. The molecular weight excluding hydrogens is 143 g/mol. The van der Waals surface area contributed by atoms with Gasteiger partial charge in [0.1, 0.15) is 17.2 Å². The van der Waals surface area contributed by atoms with Crippen LogP contribution in [0.25, 0.3) is 11.0 Å². The Labute approximate surface area is 63.4 Å². The van der Waals surface area contributed by atoms with Crippen molar-refractivity contribution in [3.05, 3.63) is 42.8 Å². The summed E-state index contributed by atoms with van der Waals surface area (Å²) in [5, 5.41) is 0.498. The highest BCUT2D eigenvalue weighted by molar-refractivity contribution is 5.78. The number of benzene rings is 1. The van der Waals surface area contributed by atoms with E-state index in [0.29, 0.717) is 16.7 Å². The van der Waals surface area contributed by atoms with Crippen molar-refractivity contribution < 1.29 is 8.81 Å². The van der Waals surface area contributed by atoms with E-state index in [1.54, 1.807) is 18.2 Å². The average molecular weight is 149 g/mol. The van der Waals surface area contributed by atoms with Crippen LogP contribution in [0.1, 0.15) is 5.76 Å². The number of hydrogen-bond acceptors (Lipinski definition) is 1. The molecule has 0 aliphatic rings. The lowest BCUT2D eigenvalue weighted by Gasteiger charge is -1.87. The summed E-state index contributed by atoms with van der Waals surface area (Å²) in [6.45, 7) is 3.57. The third-order valence-electron chi connectivity index (χ3n) is 1.56. The molecule has 0 unspecified atom stereocenters. The summed E-state index contributed by atoms with van der Waals surface area (Å²) in [5.41, 5.74) is 0.551. The second-order valence-electron chi connectivity index (χ2n) is 2.36. The van der Waals surface area contributed by atoms with Gasteiger partial charge in [0.15, 0.2) is 0 Å². The summed E-state index contributed by atoms with van der Waals surface area (Å²) in [5.74, 6) is 0.228. The molecule has 2 rings (SSSR count). The maximum absolute atomic E-state index is 12.9. The van der Waals surface area contributed by atoms with Crippen LogP contribution in [0, 0.1) is 12.7 Å². The first-order valence-electron chi connectivity index (χ1n) is 3.27. The largest absolute Gasteiger partial charge is 0.461 e. The molecule has 55 valence electrons. The average Bonchev–Trinajstić information content (AvgIpc) is 2.31. The van der Waals surface area contributed by atoms with Gasteiger partial charge >= 0.3 is 0 Å². The lowest BCUT2D eigenvalue weighted by atomic mass is 10.2. The summed E-state index contributed by atoms with van der Waals surface area (Å²) < 4.78 is 18.0. The molecule has 0 bridgehead atoms. The van der Waals surface area contributed by atoms with Crippen molar-refractivity contribution in [2.45, 2.75) is 0 Å². The second kappa shape index (κ2) is 2.09. The zero-order valence-corrected chi connectivity index (χ0v) is 5.80. The molecule has 1 aromatic heterocycles. The second-order valence-corrected chi connectivity index (χ2v) is 2.36. The Bertz CT molecular complexity index is 389. The van der Waals surface area contributed by atoms with E-state index in [-0.39, 0.29) is 5.82 Å². The van der Waals surface area contributed by atoms with Gasteiger partial charge in [0.25, 0.3) is 0 Å². The van der Waals surface area contributed by atoms with Crippen LogP contribution < -0.4 is 0 Å². The predicted molar refractivity (Wildman–Crippen MR) is 40.6 cm³/mol. The molecule has 1 heterocycles. The van der Waals surface area contributed by atoms with Crippen LogP contribution in [-0.4, -0.2) is 0 Å². The lowest BCUT2D eigenvalue weighted by molar-refractivity contribution is 0.592. The zero-order chi connectivity index (χ0) is 7.84. The normalized spacial score (nSPS) is 10.7. The first-order chi connectivity index (χ1) is 5.27. The Kier molecular flexibility index (Phi) is 1.22. The van der Waals surface area contributed by atoms with Crippen LogP contribution in [-0.2, 0) is 0 Å². The number of hydrogen-bond donors (Lipinski definition) is 0. The standard InChI is InChI=1S/C9H6FO/c1-6-5-7-8(10)3-2-4-9(7)11-6/h2-5H,1H2. The van der Waals surface area contributed by atoms with E-state index in [1.165, 1.54) is 6.07 Å². The van der Waals surface area contributed by atoms with E-state index in [9.17, 15) is 4.39 Å². The van der Waals surface area contributed by atoms with Gasteiger partial charge < -0.3 is 4.42 Å². The van der Waals surface area contributed by atoms with E-state index in [4.69, 9.17) is 4.42 Å². The van der Waals surface area contributed by atoms with Crippen LogP contribution in [0.2, 0.25) is 0 Å². The first kappa shape index (κ1) is 6.40. The van der Waals surface area contributed by atoms with Crippen LogP contribution in [0.5, 0.6) is 0 Å². The highest BCUT2D eigenvalue weighted by Crippen LogP contribution is 2.20. The van der Waals surface area contributed by atoms with E-state index in [0.717, 1.165) is 0 Å². The minimum atomic E-state index is -0.263. The lowest BCUT2D eigenvalue weighted by Crippen LogP contribution is -1.70. The summed E-state index contributed by atoms with van der Waals surface area (Å²) in [6.07, 6.45) is 0. The number of fused-ring (bicyclic) bond motifs is 1. The third-order valence-corrected chi connectivity index (χ3v) is 1.56. The van der Waals surface area contributed by atoms with Crippen molar-refractivity contribution in [3.63, 3.8) is 0 Å². The molecule has 11 heavy (non-hydrogen) atoms. The molecule has 1 radical (unpaired) electrons. The van der Waals surface area contributed by atoms with Gasteiger partial charge in [0, 0.05) is 6.92 Å². The van der Waals surface area contributed by atoms with Crippen molar-refractivity contribution in [1.29, 1.82) is 0 Å². The predicted octanol–water partition coefficient (Wildman–Crippen LogP) is 2.75. The fourth-order valence-electron chi connectivity index (χ4n) is 1.08. The minimum absolute atomic E-state index is 0.263. The van der Waals surface area contributed by atoms with Crippen LogP contribution in [0.4, 0.5) is 4.39 Å². The van der Waals surface area contributed by atoms with E-state index < -0.39 is 0 Å². The third kappa shape index (κ3) is 0.909. The molecule has 0 atom stereocenters. The molecule has 0 spiro atoms. The summed E-state index contributed by atoms with van der Waals surface area (Å²) in [6, 6.07) is 6.32. The summed E-state index contributed by atoms with van der Waals surface area (Å²) in [4.78, 5) is 0. The van der Waals surface area contributed by atoms with E-state index in [2.05, 4.69) is 6.92 Å². The highest BCUT2D eigenvalue weighted by Gasteiger charge is 2.03. The summed E-state index contributed by atoms with van der Waals surface area (Å²) in [7, 11) is 0. The molecule has 0 fully saturated rings. The molecular formula is C9H6FO.